The second-order valence-electron chi connectivity index (χ2n) is 5.62. The Morgan fingerprint density at radius 3 is 2.40 bits per heavy atom. The molecule has 0 saturated carbocycles. The Morgan fingerprint density at radius 2 is 1.80 bits per heavy atom. The van der Waals surface area contributed by atoms with Gasteiger partial charge in [0.1, 0.15) is 11.5 Å². The van der Waals surface area contributed by atoms with Crippen molar-refractivity contribution in [2.75, 3.05) is 14.2 Å². The van der Waals surface area contributed by atoms with Crippen LogP contribution >= 0.6 is 11.3 Å². The number of methoxy groups -OCH3 is 2. The van der Waals surface area contributed by atoms with Crippen molar-refractivity contribution < 1.29 is 14.3 Å². The molecule has 1 heterocycles. The summed E-state index contributed by atoms with van der Waals surface area (Å²) in [7, 11) is 5.03. The molecule has 3 aromatic rings. The Kier molecular flexibility index (Phi) is 4.90. The summed E-state index contributed by atoms with van der Waals surface area (Å²) in [4.78, 5) is 17.6. The van der Waals surface area contributed by atoms with E-state index >= 15 is 0 Å². The minimum Gasteiger partial charge on any atom is -0.497 e. The highest BCUT2D eigenvalue weighted by Crippen LogP contribution is 2.23. The van der Waals surface area contributed by atoms with Crippen LogP contribution in [0.5, 0.6) is 11.5 Å². The molecular weight excluding hydrogens is 336 g/mol. The maximum absolute atomic E-state index is 12.6. The highest BCUT2D eigenvalue weighted by Gasteiger charge is 2.11. The largest absolute Gasteiger partial charge is 0.497 e. The van der Waals surface area contributed by atoms with Crippen molar-refractivity contribution in [1.82, 2.24) is 4.57 Å². The van der Waals surface area contributed by atoms with E-state index in [0.29, 0.717) is 21.9 Å². The van der Waals surface area contributed by atoms with Crippen LogP contribution in [0.25, 0.3) is 10.2 Å². The average Bonchev–Trinajstić information content (AvgIpc) is 2.95. The number of rotatable bonds is 4. The SMILES string of the molecule is CCc1ccc2c(c1)sc(=NC(=O)c1cc(OC)cc(OC)c1)n2C. The number of nitrogens with zero attached hydrogens (tertiary/aromatic N) is 2. The normalized spacial score (nSPS) is 11.8. The van der Waals surface area contributed by atoms with Gasteiger partial charge in [-0.1, -0.05) is 24.3 Å². The van der Waals surface area contributed by atoms with Crippen molar-refractivity contribution in [2.45, 2.75) is 13.3 Å². The molecular formula is C19H20N2O3S. The van der Waals surface area contributed by atoms with Gasteiger partial charge in [-0.05, 0) is 36.2 Å². The van der Waals surface area contributed by atoms with Gasteiger partial charge in [0.2, 0.25) is 0 Å². The van der Waals surface area contributed by atoms with Gasteiger partial charge >= 0.3 is 0 Å². The van der Waals surface area contributed by atoms with E-state index in [2.05, 4.69) is 30.1 Å². The third kappa shape index (κ3) is 3.44. The molecule has 25 heavy (non-hydrogen) atoms. The first-order valence-electron chi connectivity index (χ1n) is 7.96. The number of amides is 1. The summed E-state index contributed by atoms with van der Waals surface area (Å²) in [5.41, 5.74) is 2.77. The monoisotopic (exact) mass is 356 g/mol. The van der Waals surface area contributed by atoms with Crippen LogP contribution < -0.4 is 14.3 Å². The first-order chi connectivity index (χ1) is 12.0. The number of ether oxygens (including phenoxy) is 2. The Hall–Kier alpha value is -2.60. The third-order valence-electron chi connectivity index (χ3n) is 4.08. The molecule has 5 nitrogen and oxygen atoms in total. The molecule has 1 aromatic heterocycles. The lowest BCUT2D eigenvalue weighted by Gasteiger charge is -2.05. The van der Waals surface area contributed by atoms with Gasteiger partial charge in [0.15, 0.2) is 4.80 Å². The zero-order valence-electron chi connectivity index (χ0n) is 14.7. The maximum atomic E-state index is 12.6. The van der Waals surface area contributed by atoms with Gasteiger partial charge in [-0.3, -0.25) is 4.79 Å². The Balaban J connectivity index is 2.07. The van der Waals surface area contributed by atoms with E-state index in [1.54, 1.807) is 32.4 Å². The standard InChI is InChI=1S/C19H20N2O3S/c1-5-12-6-7-16-17(8-12)25-19(21(16)2)20-18(22)13-9-14(23-3)11-15(10-13)24-4/h6-11H,5H2,1-4H3. The number of benzene rings is 2. The number of fused-ring (bicyclic) bond motifs is 1. The fourth-order valence-electron chi connectivity index (χ4n) is 2.59. The van der Waals surface area contributed by atoms with Crippen molar-refractivity contribution in [3.63, 3.8) is 0 Å². The van der Waals surface area contributed by atoms with E-state index in [1.807, 2.05) is 11.6 Å². The first-order valence-corrected chi connectivity index (χ1v) is 8.78. The van der Waals surface area contributed by atoms with E-state index < -0.39 is 0 Å². The second-order valence-corrected chi connectivity index (χ2v) is 6.63. The summed E-state index contributed by atoms with van der Waals surface area (Å²) in [5.74, 6) is 0.799. The first kappa shape index (κ1) is 17.2. The smallest absolute Gasteiger partial charge is 0.279 e. The van der Waals surface area contributed by atoms with Gasteiger partial charge in [-0.25, -0.2) is 0 Å². The summed E-state index contributed by atoms with van der Waals surface area (Å²) in [6.07, 6.45) is 0.979. The maximum Gasteiger partial charge on any atom is 0.279 e. The predicted octanol–water partition coefficient (Wildman–Crippen LogP) is 3.56. The van der Waals surface area contributed by atoms with Crippen LogP contribution in [0, 0.1) is 0 Å². The van der Waals surface area contributed by atoms with Crippen molar-refractivity contribution in [2.24, 2.45) is 12.0 Å². The molecule has 2 aromatic carbocycles. The lowest BCUT2D eigenvalue weighted by molar-refractivity contribution is 0.0997. The van der Waals surface area contributed by atoms with Crippen molar-refractivity contribution in [3.8, 4) is 11.5 Å². The zero-order valence-corrected chi connectivity index (χ0v) is 15.5. The molecule has 0 saturated heterocycles. The van der Waals surface area contributed by atoms with E-state index in [9.17, 15) is 4.79 Å². The molecule has 0 radical (unpaired) electrons. The number of hydrogen-bond donors (Lipinski definition) is 0. The van der Waals surface area contributed by atoms with Gasteiger partial charge in [0.25, 0.3) is 5.91 Å². The van der Waals surface area contributed by atoms with Crippen LogP contribution in [-0.4, -0.2) is 24.7 Å². The molecule has 3 rings (SSSR count). The number of aryl methyl sites for hydroxylation is 2. The number of aromatic nitrogens is 1. The Labute approximate surface area is 150 Å². The van der Waals surface area contributed by atoms with Crippen LogP contribution in [0.2, 0.25) is 0 Å². The van der Waals surface area contributed by atoms with Gasteiger partial charge in [-0.2, -0.15) is 4.99 Å². The predicted molar refractivity (Wildman–Crippen MR) is 99.6 cm³/mol. The highest BCUT2D eigenvalue weighted by atomic mass is 32.1. The fraction of sp³-hybridized carbons (Fsp3) is 0.263. The van der Waals surface area contributed by atoms with Crippen molar-refractivity contribution in [1.29, 1.82) is 0 Å². The number of hydrogen-bond acceptors (Lipinski definition) is 4. The van der Waals surface area contributed by atoms with Crippen molar-refractivity contribution >= 4 is 27.5 Å². The number of carbonyl (C=O) groups is 1. The van der Waals surface area contributed by atoms with Gasteiger partial charge in [0.05, 0.1) is 24.4 Å². The fourth-order valence-corrected chi connectivity index (χ4v) is 3.67. The average molecular weight is 356 g/mol. The van der Waals surface area contributed by atoms with Gasteiger partial charge in [0, 0.05) is 18.7 Å². The molecule has 0 bridgehead atoms. The molecule has 130 valence electrons. The number of carbonyl (C=O) groups excluding carboxylic acids is 1. The van der Waals surface area contributed by atoms with Crippen LogP contribution in [0.4, 0.5) is 0 Å². The van der Waals surface area contributed by atoms with E-state index in [-0.39, 0.29) is 5.91 Å². The summed E-state index contributed by atoms with van der Waals surface area (Å²) in [5, 5.41) is 0. The van der Waals surface area contributed by atoms with Crippen molar-refractivity contribution in [3.05, 3.63) is 52.3 Å². The third-order valence-corrected chi connectivity index (χ3v) is 5.17. The topological polar surface area (TPSA) is 52.8 Å². The minimum atomic E-state index is -0.324. The summed E-state index contributed by atoms with van der Waals surface area (Å²) in [6.45, 7) is 2.12. The molecule has 0 fully saturated rings. The van der Waals surface area contributed by atoms with Gasteiger partial charge < -0.3 is 14.0 Å². The summed E-state index contributed by atoms with van der Waals surface area (Å²) < 4.78 is 13.5. The molecule has 0 atom stereocenters. The van der Waals surface area contributed by atoms with Crippen LogP contribution in [-0.2, 0) is 13.5 Å². The molecule has 0 spiro atoms. The molecule has 0 aliphatic carbocycles. The quantitative estimate of drug-likeness (QED) is 0.718. The Morgan fingerprint density at radius 1 is 1.12 bits per heavy atom. The van der Waals surface area contributed by atoms with E-state index in [4.69, 9.17) is 9.47 Å². The van der Waals surface area contributed by atoms with E-state index in [1.165, 1.54) is 16.9 Å². The molecule has 0 aliphatic rings. The van der Waals surface area contributed by atoms with Crippen LogP contribution in [0.1, 0.15) is 22.8 Å². The van der Waals surface area contributed by atoms with Crippen LogP contribution in [0.3, 0.4) is 0 Å². The lowest BCUT2D eigenvalue weighted by atomic mass is 10.2. The Bertz CT molecular complexity index is 979. The van der Waals surface area contributed by atoms with Crippen LogP contribution in [0.15, 0.2) is 41.4 Å². The number of thiazole rings is 1. The molecule has 0 unspecified atom stereocenters. The minimum absolute atomic E-state index is 0.324. The zero-order chi connectivity index (χ0) is 18.0. The summed E-state index contributed by atoms with van der Waals surface area (Å²) in [6, 6.07) is 11.4. The second kappa shape index (κ2) is 7.11. The van der Waals surface area contributed by atoms with E-state index in [0.717, 1.165) is 16.6 Å². The molecule has 1 amide bonds. The summed E-state index contributed by atoms with van der Waals surface area (Å²) >= 11 is 1.51. The van der Waals surface area contributed by atoms with Gasteiger partial charge in [-0.15, -0.1) is 0 Å². The molecule has 6 heteroatoms. The molecule has 0 N–H and O–H groups in total. The lowest BCUT2D eigenvalue weighted by Crippen LogP contribution is -2.13. The highest BCUT2D eigenvalue weighted by molar-refractivity contribution is 7.16. The molecule has 0 aliphatic heterocycles.